The first kappa shape index (κ1) is 19.2. The number of piperazine rings is 1. The minimum Gasteiger partial charge on any atom is -0.493 e. The molecule has 2 aliphatic rings. The van der Waals surface area contributed by atoms with Gasteiger partial charge in [0.1, 0.15) is 5.69 Å². The van der Waals surface area contributed by atoms with Crippen LogP contribution in [0.5, 0.6) is 11.5 Å². The van der Waals surface area contributed by atoms with Crippen LogP contribution in [0.25, 0.3) is 11.3 Å². The van der Waals surface area contributed by atoms with E-state index < -0.39 is 12.3 Å². The molecule has 1 atom stereocenters. The lowest BCUT2D eigenvalue weighted by molar-refractivity contribution is 0.172. The zero-order chi connectivity index (χ0) is 20.4. The van der Waals surface area contributed by atoms with E-state index in [1.165, 1.54) is 4.90 Å². The summed E-state index contributed by atoms with van der Waals surface area (Å²) >= 11 is 0. The highest BCUT2D eigenvalue weighted by Gasteiger charge is 2.33. The maximum atomic E-state index is 12.3. The third-order valence-electron chi connectivity index (χ3n) is 5.12. The predicted molar refractivity (Wildman–Crippen MR) is 111 cm³/mol. The molecule has 152 valence electrons. The highest BCUT2D eigenvalue weighted by Crippen LogP contribution is 2.34. The number of aromatic nitrogens is 1. The standard InChI is InChI=1S/C20H24N6O3/c1-28-17-6-3-13(11-18(17)29-2)14-4-5-16-15(24-14)12-23-20(26(16)19(21)27)25-9-7-22-8-10-25/h3-6,11-12,20,22H,7-10H2,1-2H3,(H2,21,27). The number of aliphatic imine (C=N–C) groups is 1. The molecular formula is C20H24N6O3. The molecule has 2 aliphatic heterocycles. The van der Waals surface area contributed by atoms with Gasteiger partial charge in [0.2, 0.25) is 0 Å². The predicted octanol–water partition coefficient (Wildman–Crippen LogP) is 1.27. The number of fused-ring (bicyclic) bond motifs is 1. The fourth-order valence-electron chi connectivity index (χ4n) is 3.65. The molecule has 1 unspecified atom stereocenters. The van der Waals surface area contributed by atoms with E-state index in [-0.39, 0.29) is 0 Å². The molecule has 2 aromatic rings. The van der Waals surface area contributed by atoms with E-state index in [9.17, 15) is 4.79 Å². The fourth-order valence-corrected chi connectivity index (χ4v) is 3.65. The van der Waals surface area contributed by atoms with Gasteiger partial charge in [-0.15, -0.1) is 0 Å². The van der Waals surface area contributed by atoms with Crippen LogP contribution in [-0.4, -0.2) is 68.8 Å². The van der Waals surface area contributed by atoms with Crippen LogP contribution in [0.4, 0.5) is 10.5 Å². The minimum absolute atomic E-state index is 0.448. The SMILES string of the molecule is COc1ccc(-c2ccc3c(n2)C=NC(N2CCNCC2)N3C(N)=O)cc1OC. The quantitative estimate of drug-likeness (QED) is 0.806. The Labute approximate surface area is 169 Å². The van der Waals surface area contributed by atoms with Gasteiger partial charge in [-0.1, -0.05) is 0 Å². The van der Waals surface area contributed by atoms with Crippen LogP contribution < -0.4 is 25.4 Å². The summed E-state index contributed by atoms with van der Waals surface area (Å²) in [5, 5.41) is 3.30. The normalized spacial score (nSPS) is 19.0. The Morgan fingerprint density at radius 1 is 1.14 bits per heavy atom. The van der Waals surface area contributed by atoms with E-state index in [4.69, 9.17) is 20.2 Å². The van der Waals surface area contributed by atoms with E-state index in [2.05, 4.69) is 15.2 Å². The molecule has 2 amide bonds. The molecule has 0 spiro atoms. The van der Waals surface area contributed by atoms with Gasteiger partial charge >= 0.3 is 6.03 Å². The number of methoxy groups -OCH3 is 2. The number of benzene rings is 1. The number of nitrogens with two attached hydrogens (primary N) is 1. The summed E-state index contributed by atoms with van der Waals surface area (Å²) in [5.41, 5.74) is 8.57. The van der Waals surface area contributed by atoms with Crippen molar-refractivity contribution in [2.75, 3.05) is 45.3 Å². The van der Waals surface area contributed by atoms with E-state index in [0.29, 0.717) is 22.9 Å². The Morgan fingerprint density at radius 3 is 2.59 bits per heavy atom. The number of amides is 2. The van der Waals surface area contributed by atoms with Crippen LogP contribution in [0, 0.1) is 0 Å². The number of anilines is 1. The molecule has 3 heterocycles. The second-order valence-electron chi connectivity index (χ2n) is 6.79. The number of urea groups is 1. The fraction of sp³-hybridized carbons (Fsp3) is 0.350. The first-order chi connectivity index (χ1) is 14.1. The molecule has 0 radical (unpaired) electrons. The summed E-state index contributed by atoms with van der Waals surface area (Å²) < 4.78 is 10.7. The maximum absolute atomic E-state index is 12.3. The van der Waals surface area contributed by atoms with Crippen molar-refractivity contribution in [1.29, 1.82) is 0 Å². The van der Waals surface area contributed by atoms with Gasteiger partial charge in [-0.2, -0.15) is 0 Å². The number of nitrogens with zero attached hydrogens (tertiary/aromatic N) is 4. The monoisotopic (exact) mass is 396 g/mol. The van der Waals surface area contributed by atoms with Gasteiger partial charge in [-0.25, -0.2) is 9.78 Å². The van der Waals surface area contributed by atoms with Crippen molar-refractivity contribution in [3.63, 3.8) is 0 Å². The topological polar surface area (TPSA) is 105 Å². The first-order valence-corrected chi connectivity index (χ1v) is 9.42. The average molecular weight is 396 g/mol. The zero-order valence-corrected chi connectivity index (χ0v) is 16.5. The van der Waals surface area contributed by atoms with E-state index in [0.717, 1.165) is 37.4 Å². The molecule has 1 aromatic heterocycles. The lowest BCUT2D eigenvalue weighted by Crippen LogP contribution is -2.58. The van der Waals surface area contributed by atoms with Crippen molar-refractivity contribution in [1.82, 2.24) is 15.2 Å². The summed E-state index contributed by atoms with van der Waals surface area (Å²) in [6.07, 6.45) is 1.27. The summed E-state index contributed by atoms with van der Waals surface area (Å²) in [7, 11) is 3.19. The summed E-state index contributed by atoms with van der Waals surface area (Å²) in [4.78, 5) is 25.2. The largest absolute Gasteiger partial charge is 0.493 e. The first-order valence-electron chi connectivity index (χ1n) is 9.42. The molecule has 4 rings (SSSR count). The average Bonchev–Trinajstić information content (AvgIpc) is 2.77. The molecule has 1 saturated heterocycles. The molecule has 1 fully saturated rings. The van der Waals surface area contributed by atoms with Crippen molar-refractivity contribution in [2.24, 2.45) is 10.7 Å². The number of ether oxygens (including phenoxy) is 2. The van der Waals surface area contributed by atoms with Crippen LogP contribution >= 0.6 is 0 Å². The van der Waals surface area contributed by atoms with Crippen LogP contribution in [0.2, 0.25) is 0 Å². The van der Waals surface area contributed by atoms with E-state index in [1.54, 1.807) is 20.4 Å². The Morgan fingerprint density at radius 2 is 1.90 bits per heavy atom. The number of carbonyl (C=O) groups is 1. The van der Waals surface area contributed by atoms with Gasteiger partial charge in [0.25, 0.3) is 0 Å². The highest BCUT2D eigenvalue weighted by atomic mass is 16.5. The summed E-state index contributed by atoms with van der Waals surface area (Å²) in [6.45, 7) is 3.28. The molecule has 0 bridgehead atoms. The second kappa shape index (κ2) is 8.06. The van der Waals surface area contributed by atoms with Crippen LogP contribution in [0.15, 0.2) is 35.3 Å². The van der Waals surface area contributed by atoms with Crippen LogP contribution in [0.3, 0.4) is 0 Å². The molecule has 29 heavy (non-hydrogen) atoms. The molecule has 3 N–H and O–H groups in total. The Hall–Kier alpha value is -3.17. The Balaban J connectivity index is 1.69. The number of hydrogen-bond donors (Lipinski definition) is 2. The summed E-state index contributed by atoms with van der Waals surface area (Å²) in [6, 6.07) is 8.78. The van der Waals surface area contributed by atoms with Crippen molar-refractivity contribution < 1.29 is 14.3 Å². The highest BCUT2D eigenvalue weighted by molar-refractivity contribution is 5.99. The number of hydrogen-bond acceptors (Lipinski definition) is 7. The maximum Gasteiger partial charge on any atom is 0.322 e. The van der Waals surface area contributed by atoms with Gasteiger partial charge in [0.05, 0.1) is 31.8 Å². The zero-order valence-electron chi connectivity index (χ0n) is 16.5. The molecule has 0 saturated carbocycles. The third kappa shape index (κ3) is 3.62. The van der Waals surface area contributed by atoms with Gasteiger partial charge in [-0.05, 0) is 30.3 Å². The number of rotatable bonds is 4. The lowest BCUT2D eigenvalue weighted by Gasteiger charge is -2.40. The third-order valence-corrected chi connectivity index (χ3v) is 5.12. The molecular weight excluding hydrogens is 372 g/mol. The number of pyridine rings is 1. The molecule has 1 aromatic carbocycles. The Kier molecular flexibility index (Phi) is 5.32. The van der Waals surface area contributed by atoms with Gasteiger partial charge in [0.15, 0.2) is 17.8 Å². The van der Waals surface area contributed by atoms with E-state index in [1.807, 2.05) is 30.3 Å². The van der Waals surface area contributed by atoms with Crippen molar-refractivity contribution in [3.8, 4) is 22.8 Å². The molecule has 9 heteroatoms. The molecule has 0 aliphatic carbocycles. The van der Waals surface area contributed by atoms with Crippen LogP contribution in [-0.2, 0) is 0 Å². The van der Waals surface area contributed by atoms with E-state index >= 15 is 0 Å². The molecule has 9 nitrogen and oxygen atoms in total. The minimum atomic E-state index is -0.549. The van der Waals surface area contributed by atoms with Gasteiger partial charge in [0, 0.05) is 31.7 Å². The summed E-state index contributed by atoms with van der Waals surface area (Å²) in [5.74, 6) is 1.27. The van der Waals surface area contributed by atoms with Crippen molar-refractivity contribution >= 4 is 17.9 Å². The smallest absolute Gasteiger partial charge is 0.322 e. The van der Waals surface area contributed by atoms with Crippen molar-refractivity contribution in [2.45, 2.75) is 6.29 Å². The van der Waals surface area contributed by atoms with Crippen molar-refractivity contribution in [3.05, 3.63) is 36.0 Å². The number of primary amides is 1. The Bertz CT molecular complexity index is 942. The van der Waals surface area contributed by atoms with Gasteiger partial charge < -0.3 is 20.5 Å². The van der Waals surface area contributed by atoms with Gasteiger partial charge in [-0.3, -0.25) is 14.8 Å². The lowest BCUT2D eigenvalue weighted by atomic mass is 10.1. The second-order valence-corrected chi connectivity index (χ2v) is 6.79. The number of nitrogens with one attached hydrogen (secondary N) is 1. The number of carbonyl (C=O) groups excluding carboxylic acids is 1. The van der Waals surface area contributed by atoms with Crippen LogP contribution in [0.1, 0.15) is 5.69 Å².